The molecule has 0 aliphatic heterocycles. The molecule has 0 rings (SSSR count). The second kappa shape index (κ2) is 20.3. The highest BCUT2D eigenvalue weighted by atomic mass is 14.2. The smallest absolute Gasteiger partial charge is 0.0324 e. The van der Waals surface area contributed by atoms with Gasteiger partial charge >= 0.3 is 0 Å². The van der Waals surface area contributed by atoms with E-state index in [0.717, 1.165) is 11.8 Å². The van der Waals surface area contributed by atoms with Gasteiger partial charge in [0.25, 0.3) is 0 Å². The number of hydrogen-bond acceptors (Lipinski definition) is 0. The van der Waals surface area contributed by atoms with Gasteiger partial charge < -0.3 is 0 Å². The monoisotopic (exact) mass is 351 g/mol. The minimum Gasteiger partial charge on any atom is -0.0654 e. The van der Waals surface area contributed by atoms with Gasteiger partial charge in [-0.1, -0.05) is 143 Å². The second-order valence-electron chi connectivity index (χ2n) is 8.40. The van der Waals surface area contributed by atoms with Gasteiger partial charge in [-0.05, 0) is 18.3 Å². The van der Waals surface area contributed by atoms with Gasteiger partial charge in [-0.2, -0.15) is 0 Å². The molecule has 0 aliphatic carbocycles. The van der Waals surface area contributed by atoms with E-state index in [1.54, 1.807) is 0 Å². The molecule has 0 heteroatoms. The Hall–Kier alpha value is 0. The molecule has 151 valence electrons. The van der Waals surface area contributed by atoms with Crippen molar-refractivity contribution in [3.05, 3.63) is 6.42 Å². The molecule has 0 aromatic carbocycles. The zero-order valence-corrected chi connectivity index (χ0v) is 18.5. The standard InChI is InChI=1S/C25H51/c1-5-9-13-16-20-24(19-12-8-4)23-25(21-17-14-10-6-2)22-18-15-11-7-3/h23-25H,5-22H2,1-4H3. The van der Waals surface area contributed by atoms with Crippen LogP contribution >= 0.6 is 0 Å². The van der Waals surface area contributed by atoms with Crippen LogP contribution in [0.3, 0.4) is 0 Å². The van der Waals surface area contributed by atoms with Gasteiger partial charge in [-0.25, -0.2) is 0 Å². The molecular formula is C25H51. The van der Waals surface area contributed by atoms with E-state index >= 15 is 0 Å². The Balaban J connectivity index is 4.33. The van der Waals surface area contributed by atoms with Gasteiger partial charge in [0.1, 0.15) is 0 Å². The van der Waals surface area contributed by atoms with Crippen molar-refractivity contribution < 1.29 is 0 Å². The fourth-order valence-corrected chi connectivity index (χ4v) is 4.02. The van der Waals surface area contributed by atoms with Crippen molar-refractivity contribution in [1.29, 1.82) is 0 Å². The number of hydrogen-bond donors (Lipinski definition) is 0. The average Bonchev–Trinajstić information content (AvgIpc) is 2.63. The third-order valence-corrected chi connectivity index (χ3v) is 5.76. The molecule has 0 aromatic rings. The van der Waals surface area contributed by atoms with Gasteiger partial charge in [-0.15, -0.1) is 0 Å². The van der Waals surface area contributed by atoms with Crippen molar-refractivity contribution >= 4 is 0 Å². The Morgan fingerprint density at radius 3 is 1.04 bits per heavy atom. The molecule has 0 heterocycles. The van der Waals surface area contributed by atoms with Crippen LogP contribution in [0, 0.1) is 18.3 Å². The summed E-state index contributed by atoms with van der Waals surface area (Å²) in [6.07, 6.45) is 28.5. The van der Waals surface area contributed by atoms with E-state index in [4.69, 9.17) is 0 Å². The molecule has 0 aromatic heterocycles. The lowest BCUT2D eigenvalue weighted by atomic mass is 9.82. The van der Waals surface area contributed by atoms with Crippen LogP contribution in [0.1, 0.15) is 143 Å². The van der Waals surface area contributed by atoms with Crippen molar-refractivity contribution in [2.24, 2.45) is 11.8 Å². The van der Waals surface area contributed by atoms with Crippen LogP contribution in [0.5, 0.6) is 0 Å². The van der Waals surface area contributed by atoms with E-state index in [1.807, 2.05) is 0 Å². The van der Waals surface area contributed by atoms with Crippen molar-refractivity contribution in [2.45, 2.75) is 143 Å². The summed E-state index contributed by atoms with van der Waals surface area (Å²) in [6, 6.07) is 0. The third kappa shape index (κ3) is 17.2. The molecule has 0 bridgehead atoms. The minimum absolute atomic E-state index is 0.902. The molecule has 0 fully saturated rings. The summed E-state index contributed by atoms with van der Waals surface area (Å²) in [5.74, 6) is 1.81. The second-order valence-corrected chi connectivity index (χ2v) is 8.40. The number of unbranched alkanes of at least 4 members (excludes halogenated alkanes) is 10. The van der Waals surface area contributed by atoms with Crippen LogP contribution in [0.25, 0.3) is 0 Å². The van der Waals surface area contributed by atoms with Gasteiger partial charge in [0.05, 0.1) is 0 Å². The highest BCUT2D eigenvalue weighted by molar-refractivity contribution is 4.84. The summed E-state index contributed by atoms with van der Waals surface area (Å²) in [5, 5.41) is 0. The predicted molar refractivity (Wildman–Crippen MR) is 117 cm³/mol. The van der Waals surface area contributed by atoms with Crippen LogP contribution in [0.15, 0.2) is 0 Å². The molecule has 0 aliphatic rings. The van der Waals surface area contributed by atoms with E-state index < -0.39 is 0 Å². The fourth-order valence-electron chi connectivity index (χ4n) is 4.02. The Kier molecular flexibility index (Phi) is 20.3. The first-order valence-electron chi connectivity index (χ1n) is 12.1. The normalized spacial score (nSPS) is 12.8. The Morgan fingerprint density at radius 2 is 0.720 bits per heavy atom. The molecular weight excluding hydrogens is 300 g/mol. The maximum Gasteiger partial charge on any atom is -0.0324 e. The largest absolute Gasteiger partial charge is 0.0654 e. The van der Waals surface area contributed by atoms with Gasteiger partial charge in [0.15, 0.2) is 0 Å². The van der Waals surface area contributed by atoms with Crippen molar-refractivity contribution in [3.8, 4) is 0 Å². The summed E-state index contributed by atoms with van der Waals surface area (Å²) in [4.78, 5) is 0. The quantitative estimate of drug-likeness (QED) is 0.191. The van der Waals surface area contributed by atoms with Crippen LogP contribution in [-0.2, 0) is 0 Å². The fraction of sp³-hybridized carbons (Fsp3) is 0.960. The maximum atomic E-state index is 2.83. The van der Waals surface area contributed by atoms with Crippen molar-refractivity contribution in [3.63, 3.8) is 0 Å². The lowest BCUT2D eigenvalue weighted by molar-refractivity contribution is 0.369. The third-order valence-electron chi connectivity index (χ3n) is 5.76. The molecule has 0 saturated carbocycles. The first kappa shape index (κ1) is 25.0. The van der Waals surface area contributed by atoms with E-state index in [9.17, 15) is 0 Å². The maximum absolute atomic E-state index is 2.83. The SMILES string of the molecule is CCCCCCC([CH]C(CCCCCC)CCCCCC)CCCC. The summed E-state index contributed by atoms with van der Waals surface area (Å²) < 4.78 is 0. The summed E-state index contributed by atoms with van der Waals surface area (Å²) >= 11 is 0. The van der Waals surface area contributed by atoms with Crippen LogP contribution in [0.2, 0.25) is 0 Å². The van der Waals surface area contributed by atoms with E-state index in [2.05, 4.69) is 34.1 Å². The highest BCUT2D eigenvalue weighted by Gasteiger charge is 2.16. The van der Waals surface area contributed by atoms with E-state index in [0.29, 0.717) is 0 Å². The lowest BCUT2D eigenvalue weighted by Gasteiger charge is -2.24. The number of rotatable bonds is 20. The Morgan fingerprint density at radius 1 is 0.400 bits per heavy atom. The molecule has 1 atom stereocenters. The lowest BCUT2D eigenvalue weighted by Crippen LogP contribution is -2.11. The minimum atomic E-state index is 0.902. The van der Waals surface area contributed by atoms with Crippen molar-refractivity contribution in [1.82, 2.24) is 0 Å². The van der Waals surface area contributed by atoms with Crippen LogP contribution in [0.4, 0.5) is 0 Å². The van der Waals surface area contributed by atoms with Gasteiger partial charge in [-0.3, -0.25) is 0 Å². The van der Waals surface area contributed by atoms with Gasteiger partial charge in [0.2, 0.25) is 0 Å². The van der Waals surface area contributed by atoms with Crippen LogP contribution < -0.4 is 0 Å². The average molecular weight is 352 g/mol. The molecule has 25 heavy (non-hydrogen) atoms. The van der Waals surface area contributed by atoms with Crippen molar-refractivity contribution in [2.75, 3.05) is 0 Å². The summed E-state index contributed by atoms with van der Waals surface area (Å²) in [5.41, 5.74) is 0. The van der Waals surface area contributed by atoms with E-state index in [-0.39, 0.29) is 0 Å². The Bertz CT molecular complexity index is 220. The van der Waals surface area contributed by atoms with Crippen LogP contribution in [-0.4, -0.2) is 0 Å². The molecule has 0 spiro atoms. The molecule has 0 N–H and O–H groups in total. The first-order valence-corrected chi connectivity index (χ1v) is 12.1. The van der Waals surface area contributed by atoms with Gasteiger partial charge in [0, 0.05) is 0 Å². The topological polar surface area (TPSA) is 0 Å². The molecule has 0 saturated heterocycles. The predicted octanol–water partition coefficient (Wildman–Crippen LogP) is 9.52. The van der Waals surface area contributed by atoms with E-state index in [1.165, 1.54) is 116 Å². The molecule has 0 amide bonds. The zero-order valence-electron chi connectivity index (χ0n) is 18.5. The highest BCUT2D eigenvalue weighted by Crippen LogP contribution is 2.29. The zero-order chi connectivity index (χ0) is 18.6. The first-order chi connectivity index (χ1) is 12.3. The molecule has 1 unspecified atom stereocenters. The summed E-state index contributed by atoms with van der Waals surface area (Å²) in [6.45, 7) is 9.32. The summed E-state index contributed by atoms with van der Waals surface area (Å²) in [7, 11) is 0. The molecule has 1 radical (unpaired) electrons. The Labute approximate surface area is 161 Å². The molecule has 0 nitrogen and oxygen atoms in total.